The average Bonchev–Trinajstić information content (AvgIpc) is 3.03. The Morgan fingerprint density at radius 1 is 1.03 bits per heavy atom. The first kappa shape index (κ1) is 24.4. The van der Waals surface area contributed by atoms with Gasteiger partial charge in [0, 0.05) is 39.9 Å². The van der Waals surface area contributed by atoms with Crippen LogP contribution < -0.4 is 10.1 Å². The third kappa shape index (κ3) is 4.75. The van der Waals surface area contributed by atoms with Gasteiger partial charge in [0.2, 0.25) is 10.0 Å². The van der Waals surface area contributed by atoms with Crippen molar-refractivity contribution in [1.29, 1.82) is 0 Å². The van der Waals surface area contributed by atoms with Crippen LogP contribution in [0.25, 0.3) is 0 Å². The summed E-state index contributed by atoms with van der Waals surface area (Å²) in [7, 11) is 2.00. The number of nitrogens with one attached hydrogen (secondary N) is 1. The maximum Gasteiger partial charge on any atom is 0.261 e. The molecule has 0 saturated heterocycles. The molecule has 0 aliphatic carbocycles. The second-order valence-electron chi connectivity index (χ2n) is 7.47. The number of sulfonamides is 1. The van der Waals surface area contributed by atoms with E-state index in [9.17, 15) is 22.8 Å². The molecule has 1 aliphatic heterocycles. The summed E-state index contributed by atoms with van der Waals surface area (Å²) < 4.78 is 36.2. The number of benzene rings is 2. The predicted molar refractivity (Wildman–Crippen MR) is 120 cm³/mol. The van der Waals surface area contributed by atoms with Crippen molar-refractivity contribution in [3.05, 3.63) is 53.1 Å². The molecular formula is C22H25N3O7S. The summed E-state index contributed by atoms with van der Waals surface area (Å²) in [6.07, 6.45) is 0.501. The number of fused-ring (bicyclic) bond motifs is 1. The molecule has 0 atom stereocenters. The molecule has 176 valence electrons. The molecule has 0 bridgehead atoms. The van der Waals surface area contributed by atoms with Crippen LogP contribution in [0.5, 0.6) is 5.75 Å². The summed E-state index contributed by atoms with van der Waals surface area (Å²) in [6.45, 7) is 0.623. The normalized spacial score (nSPS) is 13.4. The fourth-order valence-corrected chi connectivity index (χ4v) is 4.28. The Balaban J connectivity index is 1.87. The van der Waals surface area contributed by atoms with Gasteiger partial charge in [-0.15, -0.1) is 0 Å². The van der Waals surface area contributed by atoms with E-state index in [0.29, 0.717) is 13.0 Å². The molecule has 2 aromatic rings. The monoisotopic (exact) mass is 475 g/mol. The van der Waals surface area contributed by atoms with Crippen LogP contribution in [0, 0.1) is 0 Å². The minimum absolute atomic E-state index is 0.0231. The largest absolute Gasteiger partial charge is 0.495 e. The molecule has 0 spiro atoms. The zero-order valence-corrected chi connectivity index (χ0v) is 19.6. The highest BCUT2D eigenvalue weighted by Gasteiger charge is 2.35. The lowest BCUT2D eigenvalue weighted by atomic mass is 10.1. The van der Waals surface area contributed by atoms with E-state index in [-0.39, 0.29) is 39.6 Å². The summed E-state index contributed by atoms with van der Waals surface area (Å²) in [6, 6.07) is 8.34. The van der Waals surface area contributed by atoms with E-state index >= 15 is 0 Å². The fourth-order valence-electron chi connectivity index (χ4n) is 3.35. The number of carbonyl (C=O) groups excluding carboxylic acids is 3. The van der Waals surface area contributed by atoms with Gasteiger partial charge in [-0.25, -0.2) is 12.7 Å². The maximum absolute atomic E-state index is 12.9. The zero-order valence-electron chi connectivity index (χ0n) is 18.7. The van der Waals surface area contributed by atoms with Gasteiger partial charge in [0.1, 0.15) is 5.75 Å². The van der Waals surface area contributed by atoms with E-state index in [1.807, 2.05) is 0 Å². The van der Waals surface area contributed by atoms with Gasteiger partial charge in [0.15, 0.2) is 0 Å². The molecule has 0 aromatic heterocycles. The Hall–Kier alpha value is -3.28. The SMILES string of the molecule is COCCCN1C(=O)c2ccc(C(=O)Nc3cc(S(=O)(=O)N(C)C)ccc3OC)cc2C1=O. The zero-order chi connectivity index (χ0) is 24.3. The minimum Gasteiger partial charge on any atom is -0.495 e. The van der Waals surface area contributed by atoms with Crippen molar-refractivity contribution < 1.29 is 32.3 Å². The van der Waals surface area contributed by atoms with E-state index in [4.69, 9.17) is 9.47 Å². The number of hydrogen-bond donors (Lipinski definition) is 1. The number of anilines is 1. The number of ether oxygens (including phenoxy) is 2. The molecule has 0 fully saturated rings. The Bertz CT molecular complexity index is 1210. The van der Waals surface area contributed by atoms with Gasteiger partial charge in [-0.2, -0.15) is 0 Å². The summed E-state index contributed by atoms with van der Waals surface area (Å²) in [5.41, 5.74) is 0.651. The Morgan fingerprint density at radius 2 is 1.73 bits per heavy atom. The highest BCUT2D eigenvalue weighted by atomic mass is 32.2. The van der Waals surface area contributed by atoms with Crippen LogP contribution in [0.4, 0.5) is 5.69 Å². The third-order valence-corrected chi connectivity index (χ3v) is 6.97. The van der Waals surface area contributed by atoms with Crippen LogP contribution in [-0.4, -0.2) is 76.8 Å². The third-order valence-electron chi connectivity index (χ3n) is 5.16. The summed E-state index contributed by atoms with van der Waals surface area (Å²) >= 11 is 0. The Morgan fingerprint density at radius 3 is 2.36 bits per heavy atom. The van der Waals surface area contributed by atoms with Gasteiger partial charge in [-0.05, 0) is 42.8 Å². The van der Waals surface area contributed by atoms with Crippen LogP contribution in [0.1, 0.15) is 37.5 Å². The fraction of sp³-hybridized carbons (Fsp3) is 0.318. The number of carbonyl (C=O) groups is 3. The number of amides is 3. The van der Waals surface area contributed by atoms with E-state index in [0.717, 1.165) is 9.21 Å². The minimum atomic E-state index is -3.73. The molecule has 2 aromatic carbocycles. The standard InChI is InChI=1S/C22H25N3O7S/c1-24(2)33(29,30)15-7-9-19(32-4)18(13-15)23-20(26)14-6-8-16-17(12-14)22(28)25(21(16)27)10-5-11-31-3/h6-9,12-13H,5,10-11H2,1-4H3,(H,23,26). The first-order valence-electron chi connectivity index (χ1n) is 10.0. The lowest BCUT2D eigenvalue weighted by Crippen LogP contribution is -2.31. The molecule has 0 radical (unpaired) electrons. The smallest absolute Gasteiger partial charge is 0.261 e. The van der Waals surface area contributed by atoms with Gasteiger partial charge in [-0.1, -0.05) is 0 Å². The van der Waals surface area contributed by atoms with Crippen LogP contribution in [0.2, 0.25) is 0 Å². The number of hydrogen-bond acceptors (Lipinski definition) is 7. The highest BCUT2D eigenvalue weighted by molar-refractivity contribution is 7.89. The predicted octanol–water partition coefficient (Wildman–Crippen LogP) is 1.83. The molecule has 1 heterocycles. The van der Waals surface area contributed by atoms with Gasteiger partial charge >= 0.3 is 0 Å². The molecule has 3 amide bonds. The van der Waals surface area contributed by atoms with Gasteiger partial charge in [-0.3, -0.25) is 19.3 Å². The van der Waals surface area contributed by atoms with Gasteiger partial charge < -0.3 is 14.8 Å². The second-order valence-corrected chi connectivity index (χ2v) is 9.62. The number of rotatable bonds is 9. The van der Waals surface area contributed by atoms with Crippen LogP contribution in [0.15, 0.2) is 41.3 Å². The van der Waals surface area contributed by atoms with Gasteiger partial charge in [0.05, 0.1) is 28.8 Å². The lowest BCUT2D eigenvalue weighted by Gasteiger charge is -2.15. The van der Waals surface area contributed by atoms with Crippen LogP contribution in [0.3, 0.4) is 0 Å². The maximum atomic E-state index is 12.9. The second kappa shape index (κ2) is 9.69. The van der Waals surface area contributed by atoms with Crippen molar-refractivity contribution in [3.63, 3.8) is 0 Å². The van der Waals surface area contributed by atoms with Crippen molar-refractivity contribution in [1.82, 2.24) is 9.21 Å². The molecule has 3 rings (SSSR count). The first-order chi connectivity index (χ1) is 15.6. The van der Waals surface area contributed by atoms with Crippen molar-refractivity contribution in [3.8, 4) is 5.75 Å². The quantitative estimate of drug-likeness (QED) is 0.434. The molecule has 11 heteroatoms. The van der Waals surface area contributed by atoms with E-state index in [1.54, 1.807) is 0 Å². The van der Waals surface area contributed by atoms with E-state index in [1.165, 1.54) is 64.7 Å². The molecule has 1 N–H and O–H groups in total. The summed E-state index contributed by atoms with van der Waals surface area (Å²) in [4.78, 5) is 39.2. The van der Waals surface area contributed by atoms with Crippen LogP contribution >= 0.6 is 0 Å². The van der Waals surface area contributed by atoms with Crippen molar-refractivity contribution in [2.24, 2.45) is 0 Å². The molecular weight excluding hydrogens is 450 g/mol. The summed E-state index contributed by atoms with van der Waals surface area (Å²) in [5.74, 6) is -1.22. The number of imide groups is 1. The average molecular weight is 476 g/mol. The van der Waals surface area contributed by atoms with E-state index < -0.39 is 27.7 Å². The molecule has 0 saturated carbocycles. The number of nitrogens with zero attached hydrogens (tertiary/aromatic N) is 2. The lowest BCUT2D eigenvalue weighted by molar-refractivity contribution is 0.0638. The molecule has 33 heavy (non-hydrogen) atoms. The highest BCUT2D eigenvalue weighted by Crippen LogP contribution is 2.30. The molecule has 0 unspecified atom stereocenters. The number of methoxy groups -OCH3 is 2. The van der Waals surface area contributed by atoms with Crippen molar-refractivity contribution >= 4 is 33.4 Å². The first-order valence-corrected chi connectivity index (χ1v) is 11.5. The van der Waals surface area contributed by atoms with Crippen LogP contribution in [-0.2, 0) is 14.8 Å². The van der Waals surface area contributed by atoms with Crippen molar-refractivity contribution in [2.75, 3.05) is 46.8 Å². The Labute approximate surface area is 192 Å². The molecule has 1 aliphatic rings. The molecule has 10 nitrogen and oxygen atoms in total. The van der Waals surface area contributed by atoms with E-state index in [2.05, 4.69) is 5.32 Å². The Kier molecular flexibility index (Phi) is 7.15. The van der Waals surface area contributed by atoms with Crippen molar-refractivity contribution in [2.45, 2.75) is 11.3 Å². The summed E-state index contributed by atoms with van der Waals surface area (Å²) in [5, 5.41) is 2.63. The van der Waals surface area contributed by atoms with Gasteiger partial charge in [0.25, 0.3) is 17.7 Å². The topological polar surface area (TPSA) is 122 Å².